The predicted octanol–water partition coefficient (Wildman–Crippen LogP) is 8.66. The van der Waals surface area contributed by atoms with E-state index in [1.54, 1.807) is 29.2 Å². The number of hydrogen-bond acceptors (Lipinski definition) is 9. The van der Waals surface area contributed by atoms with Crippen molar-refractivity contribution in [1.82, 2.24) is 9.80 Å². The largest absolute Gasteiger partial charge is 0.489 e. The van der Waals surface area contributed by atoms with Gasteiger partial charge in [-0.15, -0.1) is 10.1 Å². The van der Waals surface area contributed by atoms with Crippen molar-refractivity contribution in [2.24, 2.45) is 0 Å². The summed E-state index contributed by atoms with van der Waals surface area (Å²) in [6.07, 6.45) is 1.46. The Bertz CT molecular complexity index is 2430. The van der Waals surface area contributed by atoms with Crippen molar-refractivity contribution in [2.75, 3.05) is 18.1 Å². The van der Waals surface area contributed by atoms with Gasteiger partial charge in [-0.05, 0) is 90.3 Å². The van der Waals surface area contributed by atoms with E-state index in [1.165, 1.54) is 23.1 Å². The van der Waals surface area contributed by atoms with Gasteiger partial charge in [-0.1, -0.05) is 83.3 Å². The Hall–Kier alpha value is -4.96. The lowest BCUT2D eigenvalue weighted by Crippen LogP contribution is -2.62. The average Bonchev–Trinajstić information content (AvgIpc) is 4.04. The van der Waals surface area contributed by atoms with Gasteiger partial charge in [0.25, 0.3) is 11.0 Å². The maximum Gasteiger partial charge on any atom is 0.416 e. The summed E-state index contributed by atoms with van der Waals surface area (Å²) >= 11 is 18.8. The van der Waals surface area contributed by atoms with Gasteiger partial charge in [0.05, 0.1) is 40.2 Å². The fourth-order valence-corrected chi connectivity index (χ4v) is 9.87. The van der Waals surface area contributed by atoms with Gasteiger partial charge in [0, 0.05) is 18.2 Å². The van der Waals surface area contributed by atoms with Crippen LogP contribution >= 0.6 is 34.8 Å². The van der Waals surface area contributed by atoms with Crippen LogP contribution in [0.2, 0.25) is 15.1 Å². The molecule has 2 unspecified atom stereocenters. The summed E-state index contributed by atoms with van der Waals surface area (Å²) < 4.78 is 66.2. The molecule has 12 nitrogen and oxygen atoms in total. The molecule has 1 saturated heterocycles. The fraction of sp³-hybridized carbons (Fsp3) is 0.317. The second kappa shape index (κ2) is 17.7. The zero-order valence-corrected chi connectivity index (χ0v) is 34.2. The summed E-state index contributed by atoms with van der Waals surface area (Å²) in [5.41, 5.74) is 3.19. The molecular weight excluding hydrogens is 855 g/mol. The third-order valence-electron chi connectivity index (χ3n) is 10.3. The highest BCUT2D eigenvalue weighted by molar-refractivity contribution is 7.91. The minimum Gasteiger partial charge on any atom is -0.489 e. The molecule has 0 radical (unpaired) electrons. The number of amides is 2. The lowest BCUT2D eigenvalue weighted by molar-refractivity contribution is -0.763. The summed E-state index contributed by atoms with van der Waals surface area (Å²) in [5, 5.41) is 9.97. The topological polar surface area (TPSA) is 146 Å². The predicted molar refractivity (Wildman–Crippen MR) is 216 cm³/mol. The zero-order valence-electron chi connectivity index (χ0n) is 31.1. The van der Waals surface area contributed by atoms with Crippen LogP contribution in [-0.2, 0) is 39.0 Å². The standard InChI is InChI=1S/C41H36Cl3F2N3O9S/c42-32-8-2-6-27(37(32)43)20-47(28-13-14-28)40(50)36-31(26-11-9-24(10-12-26)5-3-17-56-39-34(46)16-15-33(45)38(39)44)19-29-22-59(54,55)23-35(36)48(29)41(51)58-30-7-1-4-25(18-30)21-57-49(52)53/h1-2,4,6-12,15-16,18,28-29,35H,3,5,13-14,17,19-23H2. The van der Waals surface area contributed by atoms with E-state index in [1.807, 2.05) is 24.3 Å². The molecule has 310 valence electrons. The molecule has 2 aliphatic heterocycles. The second-order valence-electron chi connectivity index (χ2n) is 14.5. The Balaban J connectivity index is 1.21. The first-order valence-electron chi connectivity index (χ1n) is 18.6. The van der Waals surface area contributed by atoms with E-state index in [0.717, 1.165) is 17.7 Å². The van der Waals surface area contributed by atoms with Gasteiger partial charge in [-0.25, -0.2) is 22.0 Å². The lowest BCUT2D eigenvalue weighted by atomic mass is 9.84. The number of fused-ring (bicyclic) bond motifs is 2. The van der Waals surface area contributed by atoms with Gasteiger partial charge < -0.3 is 19.2 Å². The molecular formula is C41H36Cl3F2N3O9S. The van der Waals surface area contributed by atoms with Crippen LogP contribution in [0, 0.1) is 21.7 Å². The molecule has 7 rings (SSSR count). The molecule has 4 aromatic carbocycles. The highest BCUT2D eigenvalue weighted by Crippen LogP contribution is 2.43. The van der Waals surface area contributed by atoms with Crippen molar-refractivity contribution in [1.29, 1.82) is 0 Å². The van der Waals surface area contributed by atoms with Gasteiger partial charge in [-0.2, -0.15) is 0 Å². The summed E-state index contributed by atoms with van der Waals surface area (Å²) in [4.78, 5) is 47.4. The highest BCUT2D eigenvalue weighted by Gasteiger charge is 2.51. The molecule has 0 N–H and O–H groups in total. The van der Waals surface area contributed by atoms with Crippen LogP contribution in [0.5, 0.6) is 11.5 Å². The first-order valence-corrected chi connectivity index (χ1v) is 21.5. The molecule has 2 amide bonds. The molecule has 4 aromatic rings. The minimum atomic E-state index is -3.76. The van der Waals surface area contributed by atoms with Crippen LogP contribution in [0.25, 0.3) is 5.57 Å². The van der Waals surface area contributed by atoms with Gasteiger partial charge in [0.1, 0.15) is 23.2 Å². The van der Waals surface area contributed by atoms with Crippen molar-refractivity contribution in [3.8, 4) is 11.5 Å². The molecule has 2 bridgehead atoms. The van der Waals surface area contributed by atoms with Crippen LogP contribution in [0.4, 0.5) is 13.6 Å². The summed E-state index contributed by atoms with van der Waals surface area (Å²) in [7, 11) is -3.76. The molecule has 18 heteroatoms. The molecule has 2 heterocycles. The number of aryl methyl sites for hydroxylation is 1. The van der Waals surface area contributed by atoms with Crippen molar-refractivity contribution in [2.45, 2.75) is 63.4 Å². The average molecular weight is 891 g/mol. The Morgan fingerprint density at radius 3 is 2.37 bits per heavy atom. The van der Waals surface area contributed by atoms with E-state index in [4.69, 9.17) is 44.3 Å². The van der Waals surface area contributed by atoms with E-state index in [2.05, 4.69) is 4.84 Å². The molecule has 2 fully saturated rings. The van der Waals surface area contributed by atoms with Crippen LogP contribution in [0.1, 0.15) is 47.9 Å². The molecule has 59 heavy (non-hydrogen) atoms. The summed E-state index contributed by atoms with van der Waals surface area (Å²) in [6.45, 7) is -0.252. The maximum absolute atomic E-state index is 15.1. The van der Waals surface area contributed by atoms with E-state index in [0.29, 0.717) is 53.0 Å². The fourth-order valence-electron chi connectivity index (χ4n) is 7.47. The number of carbonyl (C=O) groups is 2. The molecule has 0 aromatic heterocycles. The van der Waals surface area contributed by atoms with Gasteiger partial charge in [-0.3, -0.25) is 9.69 Å². The van der Waals surface area contributed by atoms with Crippen molar-refractivity contribution < 1.29 is 46.2 Å². The Morgan fingerprint density at radius 1 is 0.915 bits per heavy atom. The van der Waals surface area contributed by atoms with Crippen LogP contribution < -0.4 is 9.47 Å². The van der Waals surface area contributed by atoms with E-state index in [-0.39, 0.29) is 60.1 Å². The van der Waals surface area contributed by atoms with Gasteiger partial charge in [0.2, 0.25) is 0 Å². The van der Waals surface area contributed by atoms with Crippen LogP contribution in [0.3, 0.4) is 0 Å². The quantitative estimate of drug-likeness (QED) is 0.0526. The zero-order chi connectivity index (χ0) is 42.0. The molecule has 2 atom stereocenters. The molecule has 3 aliphatic rings. The normalized spacial score (nSPS) is 18.3. The Kier molecular flexibility index (Phi) is 12.7. The van der Waals surface area contributed by atoms with Crippen LogP contribution in [0.15, 0.2) is 84.4 Å². The van der Waals surface area contributed by atoms with Crippen molar-refractivity contribution >= 4 is 62.2 Å². The number of nitrogens with zero attached hydrogens (tertiary/aromatic N) is 3. The smallest absolute Gasteiger partial charge is 0.416 e. The number of halogens is 5. The van der Waals surface area contributed by atoms with Gasteiger partial charge in [0.15, 0.2) is 21.4 Å². The first kappa shape index (κ1) is 42.2. The summed E-state index contributed by atoms with van der Waals surface area (Å²) in [6, 6.07) is 18.0. The van der Waals surface area contributed by atoms with E-state index >= 15 is 4.79 Å². The van der Waals surface area contributed by atoms with Crippen molar-refractivity contribution in [3.05, 3.63) is 144 Å². The number of ether oxygens (including phenoxy) is 2. The highest BCUT2D eigenvalue weighted by atomic mass is 35.5. The molecule has 1 saturated carbocycles. The van der Waals surface area contributed by atoms with E-state index < -0.39 is 61.4 Å². The molecule has 1 aliphatic carbocycles. The maximum atomic E-state index is 15.1. The number of hydrogen-bond donors (Lipinski definition) is 0. The number of carbonyl (C=O) groups excluding carboxylic acids is 2. The van der Waals surface area contributed by atoms with Crippen molar-refractivity contribution in [3.63, 3.8) is 0 Å². The SMILES string of the molecule is O=C(C1=C(c2ccc(CCCOc3c(F)ccc(F)c3Cl)cc2)CC2CS(=O)(=O)CC1N2C(=O)Oc1cccc(CO[N+](=O)[O-])c1)N(Cc1cccc(Cl)c1Cl)C1CC1. The monoisotopic (exact) mass is 889 g/mol. The third kappa shape index (κ3) is 9.75. The van der Waals surface area contributed by atoms with Crippen LogP contribution in [-0.4, -0.2) is 71.5 Å². The number of benzene rings is 4. The van der Waals surface area contributed by atoms with E-state index in [9.17, 15) is 32.1 Å². The minimum absolute atomic E-state index is 0.00614. The second-order valence-corrected chi connectivity index (χ2v) is 17.8. The first-order chi connectivity index (χ1) is 28.2. The van der Waals surface area contributed by atoms with Gasteiger partial charge >= 0.3 is 6.09 Å². The number of rotatable bonds is 14. The lowest BCUT2D eigenvalue weighted by Gasteiger charge is -2.47. The Labute approximate surface area is 353 Å². The summed E-state index contributed by atoms with van der Waals surface area (Å²) in [5.74, 6) is -3.26. The Morgan fingerprint density at radius 2 is 1.64 bits per heavy atom. The third-order valence-corrected chi connectivity index (χ3v) is 13.3. The number of sulfone groups is 1. The molecule has 0 spiro atoms.